The van der Waals surface area contributed by atoms with Crippen molar-refractivity contribution in [3.63, 3.8) is 0 Å². The number of rotatable bonds is 5. The predicted octanol–water partition coefficient (Wildman–Crippen LogP) is 2.38. The van der Waals surface area contributed by atoms with Crippen LogP contribution in [-0.4, -0.2) is 49.4 Å². The molecule has 122 valence electrons. The third-order valence-corrected chi connectivity index (χ3v) is 4.43. The number of anilines is 1. The van der Waals surface area contributed by atoms with Gasteiger partial charge in [0.2, 0.25) is 0 Å². The third-order valence-electron chi connectivity index (χ3n) is 4.43. The molecule has 1 unspecified atom stereocenters. The van der Waals surface area contributed by atoms with Crippen LogP contribution >= 0.6 is 0 Å². The molecule has 0 amide bonds. The van der Waals surface area contributed by atoms with Crippen molar-refractivity contribution in [1.82, 2.24) is 4.90 Å². The van der Waals surface area contributed by atoms with Crippen LogP contribution in [0.1, 0.15) is 5.56 Å². The van der Waals surface area contributed by atoms with Gasteiger partial charge in [0.05, 0.1) is 19.8 Å². The molecule has 1 atom stereocenters. The van der Waals surface area contributed by atoms with Gasteiger partial charge in [0.25, 0.3) is 0 Å². The van der Waals surface area contributed by atoms with Gasteiger partial charge in [0, 0.05) is 31.9 Å². The van der Waals surface area contributed by atoms with E-state index >= 15 is 0 Å². The lowest BCUT2D eigenvalue weighted by molar-refractivity contribution is 0.165. The van der Waals surface area contributed by atoms with Crippen molar-refractivity contribution in [2.24, 2.45) is 0 Å². The molecule has 1 N–H and O–H groups in total. The summed E-state index contributed by atoms with van der Waals surface area (Å²) in [4.78, 5) is 4.71. The number of nitrogens with zero attached hydrogens (tertiary/aromatic N) is 2. The highest BCUT2D eigenvalue weighted by molar-refractivity contribution is 5.50. The quantitative estimate of drug-likeness (QED) is 0.919. The van der Waals surface area contributed by atoms with E-state index in [4.69, 9.17) is 4.74 Å². The average Bonchev–Trinajstić information content (AvgIpc) is 2.62. The molecule has 2 aromatic carbocycles. The van der Waals surface area contributed by atoms with Gasteiger partial charge in [-0.15, -0.1) is 0 Å². The Morgan fingerprint density at radius 3 is 2.43 bits per heavy atom. The van der Waals surface area contributed by atoms with E-state index in [0.29, 0.717) is 0 Å². The summed E-state index contributed by atoms with van der Waals surface area (Å²) in [5, 5.41) is 9.81. The van der Waals surface area contributed by atoms with E-state index in [-0.39, 0.29) is 12.6 Å². The van der Waals surface area contributed by atoms with Crippen molar-refractivity contribution in [3.05, 3.63) is 60.2 Å². The lowest BCUT2D eigenvalue weighted by Gasteiger charge is -2.42. The summed E-state index contributed by atoms with van der Waals surface area (Å²) in [6, 6.07) is 18.7. The second-order valence-corrected chi connectivity index (χ2v) is 5.95. The molecule has 23 heavy (non-hydrogen) atoms. The summed E-state index contributed by atoms with van der Waals surface area (Å²) >= 11 is 0. The summed E-state index contributed by atoms with van der Waals surface area (Å²) in [7, 11) is 1.67. The van der Waals surface area contributed by atoms with E-state index in [9.17, 15) is 5.11 Å². The molecule has 0 aromatic heterocycles. The fraction of sp³-hybridized carbons (Fsp3) is 0.368. The number of piperazine rings is 1. The van der Waals surface area contributed by atoms with Crippen LogP contribution in [0.25, 0.3) is 0 Å². The third kappa shape index (κ3) is 3.84. The lowest BCUT2D eigenvalue weighted by Crippen LogP contribution is -2.54. The van der Waals surface area contributed by atoms with Crippen molar-refractivity contribution in [2.75, 3.05) is 38.3 Å². The summed E-state index contributed by atoms with van der Waals surface area (Å²) in [5.41, 5.74) is 2.46. The van der Waals surface area contributed by atoms with Gasteiger partial charge in [-0.25, -0.2) is 0 Å². The first-order chi connectivity index (χ1) is 11.3. The van der Waals surface area contributed by atoms with Gasteiger partial charge in [-0.2, -0.15) is 0 Å². The molecule has 3 rings (SSSR count). The van der Waals surface area contributed by atoms with Crippen LogP contribution in [0.15, 0.2) is 54.6 Å². The summed E-state index contributed by atoms with van der Waals surface area (Å²) in [5.74, 6) is 0.858. The van der Waals surface area contributed by atoms with E-state index in [0.717, 1.165) is 37.6 Å². The van der Waals surface area contributed by atoms with Crippen molar-refractivity contribution in [1.29, 1.82) is 0 Å². The number of aliphatic hydroxyl groups excluding tert-OH is 1. The van der Waals surface area contributed by atoms with Gasteiger partial charge in [0.1, 0.15) is 5.75 Å². The topological polar surface area (TPSA) is 35.9 Å². The Morgan fingerprint density at radius 2 is 1.78 bits per heavy atom. The molecule has 0 spiro atoms. The second-order valence-electron chi connectivity index (χ2n) is 5.95. The molecule has 0 aliphatic carbocycles. The highest BCUT2D eigenvalue weighted by Gasteiger charge is 2.26. The van der Waals surface area contributed by atoms with Gasteiger partial charge in [-0.05, 0) is 29.8 Å². The number of ether oxygens (including phenoxy) is 1. The highest BCUT2D eigenvalue weighted by atomic mass is 16.5. The Morgan fingerprint density at radius 1 is 1.04 bits per heavy atom. The normalized spacial score (nSPS) is 18.9. The van der Waals surface area contributed by atoms with E-state index in [1.54, 1.807) is 7.11 Å². The number of methoxy groups -OCH3 is 1. The van der Waals surface area contributed by atoms with Crippen molar-refractivity contribution < 1.29 is 9.84 Å². The zero-order valence-electron chi connectivity index (χ0n) is 13.6. The first kappa shape index (κ1) is 15.8. The fourth-order valence-electron chi connectivity index (χ4n) is 3.17. The lowest BCUT2D eigenvalue weighted by atomic mass is 10.1. The summed E-state index contributed by atoms with van der Waals surface area (Å²) < 4.78 is 5.22. The monoisotopic (exact) mass is 312 g/mol. The van der Waals surface area contributed by atoms with Crippen LogP contribution in [0.2, 0.25) is 0 Å². The first-order valence-electron chi connectivity index (χ1n) is 8.08. The Labute approximate surface area is 137 Å². The van der Waals surface area contributed by atoms with Crippen molar-refractivity contribution in [3.8, 4) is 5.75 Å². The molecule has 1 aliphatic rings. The van der Waals surface area contributed by atoms with Crippen LogP contribution in [0, 0.1) is 0 Å². The molecule has 4 heteroatoms. The fourth-order valence-corrected chi connectivity index (χ4v) is 3.17. The minimum Gasteiger partial charge on any atom is -0.497 e. The number of hydrogen-bond donors (Lipinski definition) is 1. The molecule has 1 saturated heterocycles. The van der Waals surface area contributed by atoms with Gasteiger partial charge in [0.15, 0.2) is 0 Å². The Balaban J connectivity index is 1.66. The smallest absolute Gasteiger partial charge is 0.119 e. The van der Waals surface area contributed by atoms with E-state index < -0.39 is 0 Å². The Bertz CT molecular complexity index is 601. The van der Waals surface area contributed by atoms with Gasteiger partial charge in [-0.3, -0.25) is 4.90 Å². The van der Waals surface area contributed by atoms with Crippen LogP contribution in [0.5, 0.6) is 5.75 Å². The minimum atomic E-state index is 0.126. The average molecular weight is 312 g/mol. The highest BCUT2D eigenvalue weighted by Crippen LogP contribution is 2.24. The number of benzene rings is 2. The maximum absolute atomic E-state index is 9.81. The molecule has 0 saturated carbocycles. The van der Waals surface area contributed by atoms with Crippen molar-refractivity contribution in [2.45, 2.75) is 12.6 Å². The molecule has 0 radical (unpaired) electrons. The van der Waals surface area contributed by atoms with Gasteiger partial charge < -0.3 is 14.7 Å². The molecule has 2 aromatic rings. The standard InChI is InChI=1S/C19H24N2O2/c1-23-19-9-7-17(8-10-19)21-12-11-20(14-18(21)15-22)13-16-5-3-2-4-6-16/h2-10,18,22H,11-15H2,1H3. The molecule has 4 nitrogen and oxygen atoms in total. The first-order valence-corrected chi connectivity index (χ1v) is 8.08. The van der Waals surface area contributed by atoms with Crippen LogP contribution in [0.4, 0.5) is 5.69 Å². The Kier molecular flexibility index (Phi) is 5.16. The summed E-state index contributed by atoms with van der Waals surface area (Å²) in [6.45, 7) is 3.89. The largest absolute Gasteiger partial charge is 0.497 e. The Hall–Kier alpha value is -2.04. The SMILES string of the molecule is COc1ccc(N2CCN(Cc3ccccc3)CC2CO)cc1. The van der Waals surface area contributed by atoms with E-state index in [2.05, 4.69) is 46.2 Å². The molecule has 1 fully saturated rings. The van der Waals surface area contributed by atoms with E-state index in [1.165, 1.54) is 5.56 Å². The molecular weight excluding hydrogens is 288 g/mol. The zero-order chi connectivity index (χ0) is 16.1. The molecular formula is C19H24N2O2. The summed E-state index contributed by atoms with van der Waals surface area (Å²) in [6.07, 6.45) is 0. The van der Waals surface area contributed by atoms with Crippen LogP contribution in [-0.2, 0) is 6.54 Å². The minimum absolute atomic E-state index is 0.126. The maximum atomic E-state index is 9.81. The van der Waals surface area contributed by atoms with Gasteiger partial charge >= 0.3 is 0 Å². The predicted molar refractivity (Wildman–Crippen MR) is 92.9 cm³/mol. The zero-order valence-corrected chi connectivity index (χ0v) is 13.6. The van der Waals surface area contributed by atoms with Crippen LogP contribution in [0.3, 0.4) is 0 Å². The maximum Gasteiger partial charge on any atom is 0.119 e. The van der Waals surface area contributed by atoms with Crippen molar-refractivity contribution >= 4 is 5.69 Å². The van der Waals surface area contributed by atoms with Crippen LogP contribution < -0.4 is 9.64 Å². The molecule has 1 aliphatic heterocycles. The number of aliphatic hydroxyl groups is 1. The molecule has 1 heterocycles. The molecule has 0 bridgehead atoms. The van der Waals surface area contributed by atoms with E-state index in [1.807, 2.05) is 18.2 Å². The number of hydrogen-bond acceptors (Lipinski definition) is 4. The van der Waals surface area contributed by atoms with Gasteiger partial charge in [-0.1, -0.05) is 30.3 Å². The second kappa shape index (κ2) is 7.49.